The summed E-state index contributed by atoms with van der Waals surface area (Å²) in [6.07, 6.45) is 10.5. The number of hydrogen-bond acceptors (Lipinski definition) is 3. The number of benzene rings is 1. The predicted octanol–water partition coefficient (Wildman–Crippen LogP) is 6.90. The second kappa shape index (κ2) is 9.86. The van der Waals surface area contributed by atoms with E-state index in [-0.39, 0.29) is 0 Å². The minimum absolute atomic E-state index is 0.361. The highest BCUT2D eigenvalue weighted by molar-refractivity contribution is 5.83. The average Bonchev–Trinajstić information content (AvgIpc) is 3.43. The largest absolute Gasteiger partial charge is 0.382 e. The Morgan fingerprint density at radius 2 is 2.18 bits per heavy atom. The Labute approximate surface area is 193 Å². The third-order valence-electron chi connectivity index (χ3n) is 6.16. The lowest BCUT2D eigenvalue weighted by Gasteiger charge is -2.14. The van der Waals surface area contributed by atoms with E-state index < -0.39 is 5.83 Å². The highest BCUT2D eigenvalue weighted by Crippen LogP contribution is 2.28. The van der Waals surface area contributed by atoms with Gasteiger partial charge in [-0.3, -0.25) is 4.99 Å². The number of hydrogen-bond donors (Lipinski definition) is 2. The SMILES string of the molecule is C=N/C=C(F)\C=C(/C)c1cc(NCCc2c[nH]c3ccccc23)c2ncc(C(C)CC)n2c1. The Morgan fingerprint density at radius 3 is 2.97 bits per heavy atom. The molecule has 0 saturated heterocycles. The number of aromatic nitrogens is 3. The van der Waals surface area contributed by atoms with E-state index in [2.05, 4.69) is 64.7 Å². The van der Waals surface area contributed by atoms with Crippen LogP contribution in [0.3, 0.4) is 0 Å². The number of pyridine rings is 1. The second-order valence-electron chi connectivity index (χ2n) is 8.39. The van der Waals surface area contributed by atoms with E-state index in [4.69, 9.17) is 4.98 Å². The summed E-state index contributed by atoms with van der Waals surface area (Å²) in [4.78, 5) is 11.6. The average molecular weight is 444 g/mol. The molecule has 4 aromatic rings. The lowest BCUT2D eigenvalue weighted by atomic mass is 10.1. The van der Waals surface area contributed by atoms with Gasteiger partial charge in [-0.25, -0.2) is 9.37 Å². The third kappa shape index (κ3) is 4.75. The first-order valence-electron chi connectivity index (χ1n) is 11.3. The van der Waals surface area contributed by atoms with Gasteiger partial charge in [0.2, 0.25) is 0 Å². The molecule has 1 unspecified atom stereocenters. The number of anilines is 1. The number of nitrogens with zero attached hydrogens (tertiary/aromatic N) is 3. The van der Waals surface area contributed by atoms with Crippen molar-refractivity contribution in [3.8, 4) is 0 Å². The number of H-pyrrole nitrogens is 1. The van der Waals surface area contributed by atoms with Crippen molar-refractivity contribution in [2.75, 3.05) is 11.9 Å². The molecule has 0 amide bonds. The molecule has 4 rings (SSSR count). The van der Waals surface area contributed by atoms with Crippen LogP contribution in [0.25, 0.3) is 22.1 Å². The van der Waals surface area contributed by atoms with Crippen LogP contribution in [0.4, 0.5) is 10.1 Å². The van der Waals surface area contributed by atoms with Gasteiger partial charge in [-0.2, -0.15) is 0 Å². The number of fused-ring (bicyclic) bond motifs is 2. The summed E-state index contributed by atoms with van der Waals surface area (Å²) in [5.41, 5.74) is 7.10. The van der Waals surface area contributed by atoms with Crippen LogP contribution in [0.1, 0.15) is 49.9 Å². The first-order chi connectivity index (χ1) is 16.0. The van der Waals surface area contributed by atoms with Crippen molar-refractivity contribution in [2.24, 2.45) is 4.99 Å². The number of nitrogens with one attached hydrogen (secondary N) is 2. The third-order valence-corrected chi connectivity index (χ3v) is 6.16. The van der Waals surface area contributed by atoms with Crippen molar-refractivity contribution in [2.45, 2.75) is 39.5 Å². The van der Waals surface area contributed by atoms with Crippen LogP contribution in [0, 0.1) is 0 Å². The summed E-state index contributed by atoms with van der Waals surface area (Å²) >= 11 is 0. The maximum atomic E-state index is 14.1. The summed E-state index contributed by atoms with van der Waals surface area (Å²) in [5, 5.41) is 4.82. The molecule has 2 N–H and O–H groups in total. The smallest absolute Gasteiger partial charge is 0.160 e. The van der Waals surface area contributed by atoms with Gasteiger partial charge in [0, 0.05) is 41.7 Å². The van der Waals surface area contributed by atoms with Gasteiger partial charge in [0.25, 0.3) is 0 Å². The van der Waals surface area contributed by atoms with E-state index in [9.17, 15) is 4.39 Å². The van der Waals surface area contributed by atoms with Crippen molar-refractivity contribution in [3.05, 3.63) is 83.8 Å². The molecule has 6 heteroatoms. The van der Waals surface area contributed by atoms with Gasteiger partial charge in [-0.15, -0.1) is 0 Å². The summed E-state index contributed by atoms with van der Waals surface area (Å²) < 4.78 is 16.2. The van der Waals surface area contributed by atoms with Gasteiger partial charge in [0.15, 0.2) is 5.65 Å². The molecule has 0 radical (unpaired) electrons. The van der Waals surface area contributed by atoms with Gasteiger partial charge in [-0.05, 0) is 67.3 Å². The van der Waals surface area contributed by atoms with Crippen LogP contribution < -0.4 is 5.32 Å². The van der Waals surface area contributed by atoms with E-state index in [1.165, 1.54) is 17.0 Å². The lowest BCUT2D eigenvalue weighted by Crippen LogP contribution is -2.08. The summed E-state index contributed by atoms with van der Waals surface area (Å²) in [6, 6.07) is 10.4. The van der Waals surface area contributed by atoms with Crippen molar-refractivity contribution in [1.82, 2.24) is 14.4 Å². The van der Waals surface area contributed by atoms with E-state index in [1.807, 2.05) is 31.5 Å². The summed E-state index contributed by atoms with van der Waals surface area (Å²) in [6.45, 7) is 10.3. The minimum Gasteiger partial charge on any atom is -0.382 e. The molecule has 0 aliphatic heterocycles. The molecule has 0 fully saturated rings. The lowest BCUT2D eigenvalue weighted by molar-refractivity contribution is 0.664. The molecule has 3 heterocycles. The van der Waals surface area contributed by atoms with Crippen LogP contribution in [-0.2, 0) is 6.42 Å². The first kappa shape index (κ1) is 22.5. The molecular formula is C27H30FN5. The number of allylic oxidation sites excluding steroid dienone is 3. The van der Waals surface area contributed by atoms with Crippen LogP contribution in [0.15, 0.2) is 72.0 Å². The van der Waals surface area contributed by atoms with Crippen LogP contribution >= 0.6 is 0 Å². The molecule has 33 heavy (non-hydrogen) atoms. The second-order valence-corrected chi connectivity index (χ2v) is 8.39. The molecule has 0 spiro atoms. The van der Waals surface area contributed by atoms with Crippen molar-refractivity contribution < 1.29 is 4.39 Å². The van der Waals surface area contributed by atoms with Crippen molar-refractivity contribution >= 4 is 34.5 Å². The van der Waals surface area contributed by atoms with Crippen LogP contribution in [0.5, 0.6) is 0 Å². The fourth-order valence-electron chi connectivity index (χ4n) is 4.11. The van der Waals surface area contributed by atoms with E-state index in [0.717, 1.165) is 59.3 Å². The zero-order chi connectivity index (χ0) is 23.4. The zero-order valence-electron chi connectivity index (χ0n) is 19.4. The Bertz CT molecular complexity index is 1340. The molecule has 0 bridgehead atoms. The molecule has 0 aliphatic carbocycles. The van der Waals surface area contributed by atoms with Crippen molar-refractivity contribution in [3.63, 3.8) is 0 Å². The maximum Gasteiger partial charge on any atom is 0.160 e. The van der Waals surface area contributed by atoms with Gasteiger partial charge < -0.3 is 14.7 Å². The van der Waals surface area contributed by atoms with Crippen LogP contribution in [0.2, 0.25) is 0 Å². The van der Waals surface area contributed by atoms with Gasteiger partial charge >= 0.3 is 0 Å². The number of halogens is 1. The monoisotopic (exact) mass is 443 g/mol. The number of aromatic amines is 1. The Hall–Kier alpha value is -3.67. The van der Waals surface area contributed by atoms with E-state index in [0.29, 0.717) is 5.92 Å². The molecule has 5 nitrogen and oxygen atoms in total. The van der Waals surface area contributed by atoms with Gasteiger partial charge in [-0.1, -0.05) is 32.0 Å². The highest BCUT2D eigenvalue weighted by Gasteiger charge is 2.15. The first-order valence-corrected chi connectivity index (χ1v) is 11.3. The summed E-state index contributed by atoms with van der Waals surface area (Å²) in [5.74, 6) is -0.0653. The van der Waals surface area contributed by atoms with E-state index >= 15 is 0 Å². The number of para-hydroxylation sites is 1. The fraction of sp³-hybridized carbons (Fsp3) is 0.259. The Morgan fingerprint density at radius 1 is 1.36 bits per heavy atom. The minimum atomic E-state index is -0.427. The molecule has 170 valence electrons. The Kier molecular flexibility index (Phi) is 6.73. The number of aliphatic imine (C=N–C) groups is 1. The molecule has 0 aliphatic rings. The van der Waals surface area contributed by atoms with E-state index in [1.54, 1.807) is 0 Å². The standard InChI is InChI=1S/C27H30FN5/c1-5-18(2)26-16-32-27-25(13-21(17-33(26)27)19(3)12-22(28)15-29-4)30-11-10-20-14-31-24-9-7-6-8-23(20)24/h6-9,12-18,30-31H,4-5,10-11H2,1-3H3/b19-12+,22-15+. The van der Waals surface area contributed by atoms with Crippen LogP contribution in [-0.4, -0.2) is 27.6 Å². The number of rotatable bonds is 9. The van der Waals surface area contributed by atoms with Gasteiger partial charge in [0.05, 0.1) is 11.9 Å². The Balaban J connectivity index is 1.67. The molecule has 1 atom stereocenters. The van der Waals surface area contributed by atoms with Crippen molar-refractivity contribution in [1.29, 1.82) is 0 Å². The van der Waals surface area contributed by atoms with Gasteiger partial charge in [0.1, 0.15) is 5.83 Å². The number of imidazole rings is 1. The highest BCUT2D eigenvalue weighted by atomic mass is 19.1. The molecule has 3 aromatic heterocycles. The fourth-order valence-corrected chi connectivity index (χ4v) is 4.11. The topological polar surface area (TPSA) is 57.5 Å². The predicted molar refractivity (Wildman–Crippen MR) is 137 cm³/mol. The quantitative estimate of drug-likeness (QED) is 0.218. The normalized spacial score (nSPS) is 13.6. The molecule has 0 saturated carbocycles. The maximum absolute atomic E-state index is 14.1. The molecular weight excluding hydrogens is 413 g/mol. The zero-order valence-corrected chi connectivity index (χ0v) is 19.4. The summed E-state index contributed by atoms with van der Waals surface area (Å²) in [7, 11) is 0. The molecule has 1 aromatic carbocycles.